The first-order valence-electron chi connectivity index (χ1n) is 4.23. The lowest BCUT2D eigenvalue weighted by atomic mass is 10.0. The molecule has 1 aromatic carbocycles. The van der Waals surface area contributed by atoms with Gasteiger partial charge in [0.2, 0.25) is 0 Å². The molecule has 0 saturated carbocycles. The Labute approximate surface area is 78.3 Å². The van der Waals surface area contributed by atoms with Crippen molar-refractivity contribution in [2.75, 3.05) is 5.73 Å². The SMILES string of the molecule is Cc1ccc(N)c(C(=N)C(C)N)c1. The summed E-state index contributed by atoms with van der Waals surface area (Å²) in [4.78, 5) is 0. The van der Waals surface area contributed by atoms with Crippen molar-refractivity contribution in [3.8, 4) is 0 Å². The molecule has 0 aliphatic heterocycles. The quantitative estimate of drug-likeness (QED) is 0.470. The summed E-state index contributed by atoms with van der Waals surface area (Å²) < 4.78 is 0. The average Bonchev–Trinajstić information content (AvgIpc) is 2.08. The third-order valence-corrected chi connectivity index (χ3v) is 1.95. The largest absolute Gasteiger partial charge is 0.398 e. The number of hydrogen-bond acceptors (Lipinski definition) is 3. The van der Waals surface area contributed by atoms with Crippen molar-refractivity contribution in [3.05, 3.63) is 29.3 Å². The summed E-state index contributed by atoms with van der Waals surface area (Å²) in [6.07, 6.45) is 0. The highest BCUT2D eigenvalue weighted by Crippen LogP contribution is 2.15. The molecule has 0 radical (unpaired) electrons. The Morgan fingerprint density at radius 2 is 2.08 bits per heavy atom. The predicted molar refractivity (Wildman–Crippen MR) is 56.1 cm³/mol. The monoisotopic (exact) mass is 177 g/mol. The Morgan fingerprint density at radius 1 is 1.46 bits per heavy atom. The summed E-state index contributed by atoms with van der Waals surface area (Å²) >= 11 is 0. The summed E-state index contributed by atoms with van der Waals surface area (Å²) in [5.41, 5.74) is 14.2. The molecule has 1 aromatic rings. The molecule has 0 spiro atoms. The molecule has 0 fully saturated rings. The van der Waals surface area contributed by atoms with E-state index in [1.165, 1.54) is 0 Å². The van der Waals surface area contributed by atoms with Gasteiger partial charge in [-0.3, -0.25) is 0 Å². The molecule has 0 amide bonds. The standard InChI is InChI=1S/C10H15N3/c1-6-3-4-9(12)8(5-6)10(13)7(2)11/h3-5,7,13H,11-12H2,1-2H3. The molecule has 3 nitrogen and oxygen atoms in total. The first-order valence-corrected chi connectivity index (χ1v) is 4.23. The van der Waals surface area contributed by atoms with Crippen LogP contribution in [-0.4, -0.2) is 11.8 Å². The van der Waals surface area contributed by atoms with Crippen LogP contribution in [0.3, 0.4) is 0 Å². The number of nitrogens with one attached hydrogen (secondary N) is 1. The van der Waals surface area contributed by atoms with Gasteiger partial charge in [0, 0.05) is 17.3 Å². The minimum absolute atomic E-state index is 0.274. The second-order valence-corrected chi connectivity index (χ2v) is 3.29. The van der Waals surface area contributed by atoms with Crippen LogP contribution in [0.4, 0.5) is 5.69 Å². The third-order valence-electron chi connectivity index (χ3n) is 1.95. The van der Waals surface area contributed by atoms with Crippen molar-refractivity contribution in [3.63, 3.8) is 0 Å². The number of benzene rings is 1. The fourth-order valence-electron chi connectivity index (χ4n) is 1.15. The topological polar surface area (TPSA) is 75.9 Å². The fourth-order valence-corrected chi connectivity index (χ4v) is 1.15. The molecular weight excluding hydrogens is 162 g/mol. The van der Waals surface area contributed by atoms with Crippen LogP contribution in [0.15, 0.2) is 18.2 Å². The molecule has 70 valence electrons. The second kappa shape index (κ2) is 3.58. The summed E-state index contributed by atoms with van der Waals surface area (Å²) in [6.45, 7) is 3.75. The van der Waals surface area contributed by atoms with E-state index in [1.807, 2.05) is 25.1 Å². The first-order chi connectivity index (χ1) is 6.02. The highest BCUT2D eigenvalue weighted by atomic mass is 14.7. The van der Waals surface area contributed by atoms with Gasteiger partial charge in [-0.25, -0.2) is 0 Å². The van der Waals surface area contributed by atoms with Crippen molar-refractivity contribution in [2.45, 2.75) is 19.9 Å². The number of anilines is 1. The smallest absolute Gasteiger partial charge is 0.0571 e. The Balaban J connectivity index is 3.13. The van der Waals surface area contributed by atoms with Gasteiger partial charge >= 0.3 is 0 Å². The maximum absolute atomic E-state index is 7.72. The zero-order chi connectivity index (χ0) is 10.0. The van der Waals surface area contributed by atoms with E-state index in [0.717, 1.165) is 11.1 Å². The highest BCUT2D eigenvalue weighted by molar-refractivity contribution is 6.05. The summed E-state index contributed by atoms with van der Waals surface area (Å²) in [5, 5.41) is 7.72. The van der Waals surface area contributed by atoms with Crippen LogP contribution in [0, 0.1) is 12.3 Å². The van der Waals surface area contributed by atoms with E-state index >= 15 is 0 Å². The van der Waals surface area contributed by atoms with Gasteiger partial charge in [-0.1, -0.05) is 11.6 Å². The fraction of sp³-hybridized carbons (Fsp3) is 0.300. The summed E-state index contributed by atoms with van der Waals surface area (Å²) in [7, 11) is 0. The number of nitrogens with two attached hydrogens (primary N) is 2. The van der Waals surface area contributed by atoms with E-state index < -0.39 is 0 Å². The van der Waals surface area contributed by atoms with Crippen LogP contribution in [0.1, 0.15) is 18.1 Å². The van der Waals surface area contributed by atoms with E-state index in [-0.39, 0.29) is 6.04 Å². The van der Waals surface area contributed by atoms with Gasteiger partial charge in [-0.2, -0.15) is 0 Å². The van der Waals surface area contributed by atoms with Crippen LogP contribution in [0.2, 0.25) is 0 Å². The molecule has 0 bridgehead atoms. The zero-order valence-corrected chi connectivity index (χ0v) is 7.96. The molecule has 0 saturated heterocycles. The lowest BCUT2D eigenvalue weighted by Gasteiger charge is -2.11. The highest BCUT2D eigenvalue weighted by Gasteiger charge is 2.09. The predicted octanol–water partition coefficient (Wildman–Crippen LogP) is 1.29. The molecule has 5 N–H and O–H groups in total. The molecule has 0 aromatic heterocycles. The van der Waals surface area contributed by atoms with Crippen LogP contribution >= 0.6 is 0 Å². The van der Waals surface area contributed by atoms with E-state index in [1.54, 1.807) is 6.92 Å². The Hall–Kier alpha value is -1.35. The summed E-state index contributed by atoms with van der Waals surface area (Å²) in [5.74, 6) is 0. The lowest BCUT2D eigenvalue weighted by molar-refractivity contribution is 0.965. The van der Waals surface area contributed by atoms with Gasteiger partial charge in [0.1, 0.15) is 0 Å². The molecule has 0 aliphatic carbocycles. The Bertz CT molecular complexity index is 329. The zero-order valence-electron chi connectivity index (χ0n) is 7.96. The third kappa shape index (κ3) is 2.06. The Morgan fingerprint density at radius 3 is 2.62 bits per heavy atom. The van der Waals surface area contributed by atoms with Crippen molar-refractivity contribution >= 4 is 11.4 Å². The minimum atomic E-state index is -0.274. The number of aryl methyl sites for hydroxylation is 1. The van der Waals surface area contributed by atoms with Gasteiger partial charge in [0.05, 0.1) is 5.71 Å². The number of nitrogen functional groups attached to an aromatic ring is 1. The molecular formula is C10H15N3. The second-order valence-electron chi connectivity index (χ2n) is 3.29. The van der Waals surface area contributed by atoms with E-state index in [0.29, 0.717) is 11.4 Å². The van der Waals surface area contributed by atoms with Crippen LogP contribution in [-0.2, 0) is 0 Å². The molecule has 1 unspecified atom stereocenters. The normalized spacial score (nSPS) is 12.5. The first kappa shape index (κ1) is 9.74. The lowest BCUT2D eigenvalue weighted by Crippen LogP contribution is -2.27. The maximum Gasteiger partial charge on any atom is 0.0571 e. The van der Waals surface area contributed by atoms with Crippen LogP contribution < -0.4 is 11.5 Å². The van der Waals surface area contributed by atoms with Gasteiger partial charge < -0.3 is 16.9 Å². The van der Waals surface area contributed by atoms with Crippen molar-refractivity contribution in [2.24, 2.45) is 5.73 Å². The van der Waals surface area contributed by atoms with Gasteiger partial charge in [-0.15, -0.1) is 0 Å². The van der Waals surface area contributed by atoms with Crippen LogP contribution in [0.25, 0.3) is 0 Å². The van der Waals surface area contributed by atoms with Crippen LogP contribution in [0.5, 0.6) is 0 Å². The maximum atomic E-state index is 7.72. The van der Waals surface area contributed by atoms with Gasteiger partial charge in [-0.05, 0) is 26.0 Å². The molecule has 3 heteroatoms. The average molecular weight is 177 g/mol. The van der Waals surface area contributed by atoms with Crippen molar-refractivity contribution in [1.29, 1.82) is 5.41 Å². The molecule has 0 heterocycles. The minimum Gasteiger partial charge on any atom is -0.398 e. The van der Waals surface area contributed by atoms with Gasteiger partial charge in [0.25, 0.3) is 0 Å². The molecule has 1 rings (SSSR count). The molecule has 1 atom stereocenters. The number of hydrogen-bond donors (Lipinski definition) is 3. The summed E-state index contributed by atoms with van der Waals surface area (Å²) in [6, 6.07) is 5.35. The van der Waals surface area contributed by atoms with E-state index in [4.69, 9.17) is 16.9 Å². The number of rotatable bonds is 2. The molecule has 0 aliphatic rings. The van der Waals surface area contributed by atoms with E-state index in [2.05, 4.69) is 0 Å². The molecule has 13 heavy (non-hydrogen) atoms. The van der Waals surface area contributed by atoms with Crippen molar-refractivity contribution < 1.29 is 0 Å². The van der Waals surface area contributed by atoms with Gasteiger partial charge in [0.15, 0.2) is 0 Å². The Kier molecular flexibility index (Phi) is 2.68. The van der Waals surface area contributed by atoms with E-state index in [9.17, 15) is 0 Å². The van der Waals surface area contributed by atoms with Crippen molar-refractivity contribution in [1.82, 2.24) is 0 Å².